The van der Waals surface area contributed by atoms with Crippen molar-refractivity contribution in [3.05, 3.63) is 77.7 Å². The number of rotatable bonds is 4. The molecule has 0 spiro atoms. The molecule has 5 rings (SSSR count). The van der Waals surface area contributed by atoms with Gasteiger partial charge in [0.15, 0.2) is 0 Å². The van der Waals surface area contributed by atoms with Gasteiger partial charge in [0.2, 0.25) is 0 Å². The SMILES string of the molecule is Cn1cc2cc(-c3ccc(CC4CN(C(=O)OC(C)(C)C)CCO4)cc3-c3ccc(C#N)c(F)c3)ccc2n1. The molecule has 0 N–H and O–H groups in total. The Bertz CT molecular complexity index is 1580. The first-order valence-electron chi connectivity index (χ1n) is 13.0. The average Bonchev–Trinajstić information content (AvgIpc) is 3.27. The Balaban J connectivity index is 1.48. The molecule has 8 heteroatoms. The number of hydrogen-bond acceptors (Lipinski definition) is 5. The molecular weight excluding hydrogens is 495 g/mol. The topological polar surface area (TPSA) is 80.4 Å². The minimum Gasteiger partial charge on any atom is -0.444 e. The molecule has 1 aromatic heterocycles. The number of benzene rings is 3. The zero-order valence-corrected chi connectivity index (χ0v) is 22.6. The number of carbonyl (C=O) groups excluding carboxylic acids is 1. The van der Waals surface area contributed by atoms with E-state index in [-0.39, 0.29) is 17.8 Å². The zero-order chi connectivity index (χ0) is 27.7. The van der Waals surface area contributed by atoms with Crippen LogP contribution in [0.3, 0.4) is 0 Å². The van der Waals surface area contributed by atoms with Gasteiger partial charge >= 0.3 is 6.09 Å². The van der Waals surface area contributed by atoms with E-state index in [4.69, 9.17) is 9.47 Å². The third kappa shape index (κ3) is 5.94. The fraction of sp³-hybridized carbons (Fsp3) is 0.323. The first kappa shape index (κ1) is 26.4. The minimum atomic E-state index is -0.565. The van der Waals surface area contributed by atoms with E-state index in [1.807, 2.05) is 70.4 Å². The van der Waals surface area contributed by atoms with Crippen molar-refractivity contribution >= 4 is 17.0 Å². The van der Waals surface area contributed by atoms with E-state index in [2.05, 4.69) is 11.2 Å². The second-order valence-corrected chi connectivity index (χ2v) is 10.9. The lowest BCUT2D eigenvalue weighted by atomic mass is 9.90. The number of nitrogens with zero attached hydrogens (tertiary/aromatic N) is 4. The first-order valence-corrected chi connectivity index (χ1v) is 13.0. The van der Waals surface area contributed by atoms with Crippen LogP contribution in [-0.2, 0) is 22.9 Å². The molecule has 1 unspecified atom stereocenters. The Kier molecular flexibility index (Phi) is 7.11. The van der Waals surface area contributed by atoms with Crippen LogP contribution in [0.25, 0.3) is 33.2 Å². The predicted molar refractivity (Wildman–Crippen MR) is 148 cm³/mol. The van der Waals surface area contributed by atoms with Gasteiger partial charge in [-0.05, 0) is 72.9 Å². The van der Waals surface area contributed by atoms with Crippen LogP contribution in [0.5, 0.6) is 0 Å². The fourth-order valence-corrected chi connectivity index (χ4v) is 4.90. The highest BCUT2D eigenvalue weighted by Crippen LogP contribution is 2.35. The maximum absolute atomic E-state index is 14.7. The summed E-state index contributed by atoms with van der Waals surface area (Å²) >= 11 is 0. The van der Waals surface area contributed by atoms with Crippen molar-refractivity contribution in [1.29, 1.82) is 5.26 Å². The van der Waals surface area contributed by atoms with E-state index in [1.165, 1.54) is 12.1 Å². The summed E-state index contributed by atoms with van der Waals surface area (Å²) in [4.78, 5) is 14.3. The van der Waals surface area contributed by atoms with Gasteiger partial charge in [0.1, 0.15) is 17.5 Å². The minimum absolute atomic E-state index is 0.00562. The monoisotopic (exact) mass is 526 g/mol. The second-order valence-electron chi connectivity index (χ2n) is 10.9. The summed E-state index contributed by atoms with van der Waals surface area (Å²) in [7, 11) is 1.89. The summed E-state index contributed by atoms with van der Waals surface area (Å²) in [6.45, 7) is 6.89. The molecule has 0 aliphatic carbocycles. The summed E-state index contributed by atoms with van der Waals surface area (Å²) in [5.41, 5.74) is 4.77. The van der Waals surface area contributed by atoms with E-state index < -0.39 is 11.4 Å². The van der Waals surface area contributed by atoms with Gasteiger partial charge in [0.05, 0.1) is 30.3 Å². The third-order valence-corrected chi connectivity index (χ3v) is 6.67. The Labute approximate surface area is 227 Å². The molecule has 1 fully saturated rings. The number of ether oxygens (including phenoxy) is 2. The molecule has 39 heavy (non-hydrogen) atoms. The lowest BCUT2D eigenvalue weighted by Crippen LogP contribution is -2.48. The molecule has 1 saturated heterocycles. The maximum Gasteiger partial charge on any atom is 0.410 e. The second kappa shape index (κ2) is 10.5. The molecule has 2 heterocycles. The summed E-state index contributed by atoms with van der Waals surface area (Å²) in [6.07, 6.45) is 2.00. The Morgan fingerprint density at radius 2 is 1.90 bits per heavy atom. The first-order chi connectivity index (χ1) is 18.6. The highest BCUT2D eigenvalue weighted by atomic mass is 19.1. The number of aryl methyl sites for hydroxylation is 1. The number of fused-ring (bicyclic) bond motifs is 1. The Hall–Kier alpha value is -4.22. The molecular formula is C31H31FN4O3. The van der Waals surface area contributed by atoms with Gasteiger partial charge in [0.25, 0.3) is 0 Å². The van der Waals surface area contributed by atoms with Crippen LogP contribution in [-0.4, -0.2) is 52.2 Å². The van der Waals surface area contributed by atoms with Gasteiger partial charge in [-0.3, -0.25) is 4.68 Å². The van der Waals surface area contributed by atoms with Gasteiger partial charge in [-0.1, -0.05) is 30.3 Å². The van der Waals surface area contributed by atoms with E-state index in [0.717, 1.165) is 33.2 Å². The molecule has 0 radical (unpaired) electrons. The van der Waals surface area contributed by atoms with Crippen molar-refractivity contribution in [3.63, 3.8) is 0 Å². The maximum atomic E-state index is 14.7. The van der Waals surface area contributed by atoms with Gasteiger partial charge in [-0.15, -0.1) is 0 Å². The Morgan fingerprint density at radius 1 is 1.13 bits per heavy atom. The van der Waals surface area contributed by atoms with Crippen LogP contribution >= 0.6 is 0 Å². The summed E-state index contributed by atoms with van der Waals surface area (Å²) in [5, 5.41) is 14.7. The molecule has 1 amide bonds. The van der Waals surface area contributed by atoms with Crippen molar-refractivity contribution < 1.29 is 18.7 Å². The van der Waals surface area contributed by atoms with Crippen LogP contribution in [0, 0.1) is 17.1 Å². The van der Waals surface area contributed by atoms with Crippen LogP contribution in [0.15, 0.2) is 60.8 Å². The number of amides is 1. The predicted octanol–water partition coefficient (Wildman–Crippen LogP) is 6.10. The molecule has 4 aromatic rings. The van der Waals surface area contributed by atoms with E-state index >= 15 is 0 Å². The largest absolute Gasteiger partial charge is 0.444 e. The molecule has 1 aliphatic rings. The number of aromatic nitrogens is 2. The Morgan fingerprint density at radius 3 is 2.64 bits per heavy atom. The van der Waals surface area contributed by atoms with Gasteiger partial charge in [-0.25, -0.2) is 9.18 Å². The normalized spacial score (nSPS) is 15.8. The smallest absolute Gasteiger partial charge is 0.410 e. The van der Waals surface area contributed by atoms with Crippen LogP contribution in [0.2, 0.25) is 0 Å². The molecule has 0 bridgehead atoms. The molecule has 1 atom stereocenters. The quantitative estimate of drug-likeness (QED) is 0.321. The van der Waals surface area contributed by atoms with Crippen LogP contribution in [0.4, 0.5) is 9.18 Å². The fourth-order valence-electron chi connectivity index (χ4n) is 4.90. The van der Waals surface area contributed by atoms with Crippen molar-refractivity contribution in [1.82, 2.24) is 14.7 Å². The van der Waals surface area contributed by atoms with E-state index in [9.17, 15) is 14.4 Å². The summed E-state index contributed by atoms with van der Waals surface area (Å²) in [6, 6.07) is 18.8. The highest BCUT2D eigenvalue weighted by molar-refractivity contribution is 5.90. The lowest BCUT2D eigenvalue weighted by Gasteiger charge is -2.34. The number of halogens is 1. The van der Waals surface area contributed by atoms with Crippen molar-refractivity contribution in [2.75, 3.05) is 19.7 Å². The van der Waals surface area contributed by atoms with Crippen molar-refractivity contribution in [2.45, 2.75) is 38.9 Å². The summed E-state index contributed by atoms with van der Waals surface area (Å²) < 4.78 is 28.0. The van der Waals surface area contributed by atoms with Gasteiger partial charge in [-0.2, -0.15) is 10.4 Å². The van der Waals surface area contributed by atoms with Gasteiger partial charge in [0, 0.05) is 31.6 Å². The number of morpholine rings is 1. The van der Waals surface area contributed by atoms with Crippen molar-refractivity contribution in [2.24, 2.45) is 7.05 Å². The average molecular weight is 527 g/mol. The standard InChI is InChI=1S/C31H31FN4O3/c1-31(2,3)39-30(37)36-11-12-38-25(19-36)13-20-5-9-26(21-8-10-29-24(15-21)18-35(4)34-29)27(14-20)22-6-7-23(17-33)28(32)16-22/h5-10,14-16,18,25H,11-13,19H2,1-4H3. The molecule has 1 aliphatic heterocycles. The zero-order valence-electron chi connectivity index (χ0n) is 22.6. The van der Waals surface area contributed by atoms with E-state index in [1.54, 1.807) is 15.6 Å². The number of carbonyl (C=O) groups is 1. The molecule has 3 aromatic carbocycles. The molecule has 0 saturated carbocycles. The third-order valence-electron chi connectivity index (χ3n) is 6.67. The molecule has 7 nitrogen and oxygen atoms in total. The number of hydrogen-bond donors (Lipinski definition) is 0. The van der Waals surface area contributed by atoms with Crippen molar-refractivity contribution in [3.8, 4) is 28.3 Å². The summed E-state index contributed by atoms with van der Waals surface area (Å²) in [5.74, 6) is -0.558. The number of nitriles is 1. The van der Waals surface area contributed by atoms with Crippen LogP contribution < -0.4 is 0 Å². The van der Waals surface area contributed by atoms with E-state index in [0.29, 0.717) is 31.7 Å². The van der Waals surface area contributed by atoms with Gasteiger partial charge < -0.3 is 14.4 Å². The van der Waals surface area contributed by atoms with Crippen LogP contribution in [0.1, 0.15) is 31.9 Å². The highest BCUT2D eigenvalue weighted by Gasteiger charge is 2.28. The lowest BCUT2D eigenvalue weighted by molar-refractivity contribution is -0.0415. The molecule has 200 valence electrons.